The van der Waals surface area contributed by atoms with Gasteiger partial charge >= 0.3 is 0 Å². The van der Waals surface area contributed by atoms with Crippen molar-refractivity contribution in [3.8, 4) is 0 Å². The fourth-order valence-corrected chi connectivity index (χ4v) is 1.35. The minimum absolute atomic E-state index is 0. The van der Waals surface area contributed by atoms with Gasteiger partial charge in [-0.3, -0.25) is 0 Å². The molecule has 0 spiro atoms. The van der Waals surface area contributed by atoms with Crippen molar-refractivity contribution in [3.05, 3.63) is 0 Å². The molecule has 1 saturated heterocycles. The normalized spacial score (nSPS) is 24.9. The lowest BCUT2D eigenvalue weighted by molar-refractivity contribution is 0.357. The highest BCUT2D eigenvalue weighted by Gasteiger charge is 2.13. The molecule has 1 aliphatic rings. The summed E-state index contributed by atoms with van der Waals surface area (Å²) in [5, 5.41) is 3.45. The topological polar surface area (TPSA) is 15.3 Å². The van der Waals surface area contributed by atoms with Crippen LogP contribution in [0.1, 0.15) is 20.3 Å². The van der Waals surface area contributed by atoms with Crippen molar-refractivity contribution >= 4 is 0 Å². The van der Waals surface area contributed by atoms with Crippen molar-refractivity contribution in [2.24, 2.45) is 0 Å². The van der Waals surface area contributed by atoms with Crippen LogP contribution in [0.3, 0.4) is 0 Å². The average molecular weight is 144 g/mol. The van der Waals surface area contributed by atoms with E-state index in [1.807, 2.05) is 0 Å². The minimum atomic E-state index is 0. The number of nitrogens with one attached hydrogen (secondary N) is 1. The SMILES string of the molecule is C.CN(C)CC1CCCN1. The second-order valence-electron chi connectivity index (χ2n) is 3.06. The highest BCUT2D eigenvalue weighted by atomic mass is 15.1. The molecule has 0 amide bonds. The van der Waals surface area contributed by atoms with E-state index < -0.39 is 0 Å². The van der Waals surface area contributed by atoms with Crippen LogP contribution in [-0.4, -0.2) is 38.1 Å². The molecule has 1 heterocycles. The molecule has 0 saturated carbocycles. The van der Waals surface area contributed by atoms with E-state index in [1.54, 1.807) is 0 Å². The summed E-state index contributed by atoms with van der Waals surface area (Å²) in [6.45, 7) is 2.42. The predicted octanol–water partition coefficient (Wildman–Crippen LogP) is 0.936. The molecule has 0 bridgehead atoms. The summed E-state index contributed by atoms with van der Waals surface area (Å²) in [5.74, 6) is 0. The first-order valence-corrected chi connectivity index (χ1v) is 3.67. The van der Waals surface area contributed by atoms with Crippen LogP contribution in [0.4, 0.5) is 0 Å². The maximum Gasteiger partial charge on any atom is 0.0195 e. The molecule has 1 aliphatic heterocycles. The number of nitrogens with zero attached hydrogens (tertiary/aromatic N) is 1. The molecule has 1 unspecified atom stereocenters. The van der Waals surface area contributed by atoms with Crippen LogP contribution in [0.15, 0.2) is 0 Å². The summed E-state index contributed by atoms with van der Waals surface area (Å²) in [6, 6.07) is 0.764. The first-order valence-electron chi connectivity index (χ1n) is 3.67. The van der Waals surface area contributed by atoms with E-state index in [9.17, 15) is 0 Å². The largest absolute Gasteiger partial charge is 0.313 e. The summed E-state index contributed by atoms with van der Waals surface area (Å²) in [7, 11) is 4.25. The summed E-state index contributed by atoms with van der Waals surface area (Å²) in [6.07, 6.45) is 2.72. The lowest BCUT2D eigenvalue weighted by Crippen LogP contribution is -2.33. The van der Waals surface area contributed by atoms with Crippen molar-refractivity contribution in [3.63, 3.8) is 0 Å². The lowest BCUT2D eigenvalue weighted by atomic mass is 10.2. The molecule has 1 atom stereocenters. The fraction of sp³-hybridized carbons (Fsp3) is 1.00. The molecule has 0 aliphatic carbocycles. The van der Waals surface area contributed by atoms with Gasteiger partial charge in [-0.1, -0.05) is 7.43 Å². The Bertz CT molecular complexity index is 75.3. The zero-order valence-electron chi connectivity index (χ0n) is 6.35. The maximum absolute atomic E-state index is 3.45. The molecule has 10 heavy (non-hydrogen) atoms. The number of likely N-dealkylation sites (N-methyl/N-ethyl adjacent to an activating group) is 1. The van der Waals surface area contributed by atoms with Gasteiger partial charge in [-0.25, -0.2) is 0 Å². The molecule has 0 radical (unpaired) electrons. The molecule has 2 nitrogen and oxygen atoms in total. The van der Waals surface area contributed by atoms with E-state index in [0.717, 1.165) is 6.04 Å². The monoisotopic (exact) mass is 144 g/mol. The van der Waals surface area contributed by atoms with Crippen molar-refractivity contribution in [2.45, 2.75) is 26.3 Å². The van der Waals surface area contributed by atoms with Crippen LogP contribution in [0.25, 0.3) is 0 Å². The van der Waals surface area contributed by atoms with Gasteiger partial charge in [0.15, 0.2) is 0 Å². The van der Waals surface area contributed by atoms with Crippen LogP contribution in [0.2, 0.25) is 0 Å². The van der Waals surface area contributed by atoms with E-state index in [1.165, 1.54) is 25.9 Å². The quantitative estimate of drug-likeness (QED) is 0.620. The van der Waals surface area contributed by atoms with Crippen molar-refractivity contribution < 1.29 is 0 Å². The standard InChI is InChI=1S/C7H16N2.CH4/c1-9(2)6-7-4-3-5-8-7;/h7-8H,3-6H2,1-2H3;1H4. The zero-order chi connectivity index (χ0) is 6.69. The van der Waals surface area contributed by atoms with E-state index in [-0.39, 0.29) is 7.43 Å². The third-order valence-electron chi connectivity index (χ3n) is 1.75. The van der Waals surface area contributed by atoms with Gasteiger partial charge in [-0.05, 0) is 33.5 Å². The van der Waals surface area contributed by atoms with Crippen LogP contribution in [0.5, 0.6) is 0 Å². The van der Waals surface area contributed by atoms with E-state index >= 15 is 0 Å². The van der Waals surface area contributed by atoms with Crippen LogP contribution in [-0.2, 0) is 0 Å². The van der Waals surface area contributed by atoms with Gasteiger partial charge in [0.05, 0.1) is 0 Å². The second kappa shape index (κ2) is 4.69. The van der Waals surface area contributed by atoms with Gasteiger partial charge in [0.2, 0.25) is 0 Å². The Labute approximate surface area is 64.6 Å². The smallest absolute Gasteiger partial charge is 0.0195 e. The number of hydrogen-bond acceptors (Lipinski definition) is 2. The first kappa shape index (κ1) is 9.92. The lowest BCUT2D eigenvalue weighted by Gasteiger charge is -2.15. The van der Waals surface area contributed by atoms with E-state index in [0.29, 0.717) is 0 Å². The van der Waals surface area contributed by atoms with Gasteiger partial charge in [0, 0.05) is 12.6 Å². The van der Waals surface area contributed by atoms with Crippen molar-refractivity contribution in [1.82, 2.24) is 10.2 Å². The molecule has 2 heteroatoms. The summed E-state index contributed by atoms with van der Waals surface area (Å²) in [4.78, 5) is 2.24. The van der Waals surface area contributed by atoms with Gasteiger partial charge < -0.3 is 10.2 Å². The van der Waals surface area contributed by atoms with Gasteiger partial charge in [0.1, 0.15) is 0 Å². The molecule has 0 aromatic heterocycles. The molecular formula is C8H20N2. The molecule has 1 N–H and O–H groups in total. The van der Waals surface area contributed by atoms with Crippen molar-refractivity contribution in [2.75, 3.05) is 27.2 Å². The molecule has 0 aromatic carbocycles. The molecular weight excluding hydrogens is 124 g/mol. The van der Waals surface area contributed by atoms with Gasteiger partial charge in [-0.15, -0.1) is 0 Å². The Morgan fingerprint density at radius 1 is 1.50 bits per heavy atom. The fourth-order valence-electron chi connectivity index (χ4n) is 1.35. The van der Waals surface area contributed by atoms with Crippen LogP contribution < -0.4 is 5.32 Å². The third kappa shape index (κ3) is 3.18. The predicted molar refractivity (Wildman–Crippen MR) is 46.3 cm³/mol. The van der Waals surface area contributed by atoms with Gasteiger partial charge in [-0.2, -0.15) is 0 Å². The first-order chi connectivity index (χ1) is 4.29. The molecule has 1 rings (SSSR count). The maximum atomic E-state index is 3.45. The summed E-state index contributed by atoms with van der Waals surface area (Å²) < 4.78 is 0. The van der Waals surface area contributed by atoms with Gasteiger partial charge in [0.25, 0.3) is 0 Å². The second-order valence-corrected chi connectivity index (χ2v) is 3.06. The van der Waals surface area contributed by atoms with E-state index in [2.05, 4.69) is 24.3 Å². The van der Waals surface area contributed by atoms with Crippen LogP contribution >= 0.6 is 0 Å². The van der Waals surface area contributed by atoms with Crippen molar-refractivity contribution in [1.29, 1.82) is 0 Å². The highest BCUT2D eigenvalue weighted by molar-refractivity contribution is 4.75. The Morgan fingerprint density at radius 3 is 2.60 bits per heavy atom. The summed E-state index contributed by atoms with van der Waals surface area (Å²) in [5.41, 5.74) is 0. The average Bonchev–Trinajstić information content (AvgIpc) is 2.15. The zero-order valence-corrected chi connectivity index (χ0v) is 6.35. The highest BCUT2D eigenvalue weighted by Crippen LogP contribution is 2.04. The number of hydrogen-bond donors (Lipinski definition) is 1. The van der Waals surface area contributed by atoms with Crippen LogP contribution in [0, 0.1) is 0 Å². The third-order valence-corrected chi connectivity index (χ3v) is 1.75. The van der Waals surface area contributed by atoms with E-state index in [4.69, 9.17) is 0 Å². The molecule has 0 aromatic rings. The number of rotatable bonds is 2. The Kier molecular flexibility index (Phi) is 4.65. The summed E-state index contributed by atoms with van der Waals surface area (Å²) >= 11 is 0. The Balaban J connectivity index is 0.000000810. The molecule has 62 valence electrons. The molecule has 1 fully saturated rings. The Morgan fingerprint density at radius 2 is 2.20 bits per heavy atom. The minimum Gasteiger partial charge on any atom is -0.313 e. The Hall–Kier alpha value is -0.0800.